The van der Waals surface area contributed by atoms with Crippen molar-refractivity contribution in [1.29, 1.82) is 0 Å². The minimum absolute atomic E-state index is 0.357. The Balaban J connectivity index is 3.85. The molecule has 0 aliphatic heterocycles. The predicted molar refractivity (Wildman–Crippen MR) is 36.5 cm³/mol. The molecule has 54 valence electrons. The molecular formula is C6H11ClO2. The highest BCUT2D eigenvalue weighted by molar-refractivity contribution is 6.64. The van der Waals surface area contributed by atoms with Gasteiger partial charge >= 0.3 is 0 Å². The molecule has 0 aliphatic carbocycles. The molecule has 3 heteroatoms. The van der Waals surface area contributed by atoms with E-state index in [0.717, 1.165) is 0 Å². The highest BCUT2D eigenvalue weighted by atomic mass is 35.5. The van der Waals surface area contributed by atoms with Gasteiger partial charge in [0.1, 0.15) is 0 Å². The minimum Gasteiger partial charge on any atom is -0.384 e. The Hall–Kier alpha value is -0.0800. The summed E-state index contributed by atoms with van der Waals surface area (Å²) < 4.78 is 4.76. The van der Waals surface area contributed by atoms with Crippen LogP contribution in [0.2, 0.25) is 0 Å². The summed E-state index contributed by atoms with van der Waals surface area (Å²) in [5, 5.41) is -0.357. The smallest absolute Gasteiger partial charge is 0.229 e. The van der Waals surface area contributed by atoms with Crippen molar-refractivity contribution in [3.8, 4) is 0 Å². The number of halogens is 1. The van der Waals surface area contributed by atoms with Gasteiger partial charge in [-0.3, -0.25) is 4.79 Å². The van der Waals surface area contributed by atoms with Crippen molar-refractivity contribution in [2.45, 2.75) is 13.8 Å². The van der Waals surface area contributed by atoms with Gasteiger partial charge in [-0.15, -0.1) is 0 Å². The molecule has 0 aromatic rings. The van der Waals surface area contributed by atoms with E-state index in [-0.39, 0.29) is 5.24 Å². The monoisotopic (exact) mass is 150 g/mol. The Bertz CT molecular complexity index is 110. The van der Waals surface area contributed by atoms with Crippen LogP contribution in [-0.2, 0) is 9.53 Å². The van der Waals surface area contributed by atoms with Crippen molar-refractivity contribution in [3.05, 3.63) is 0 Å². The molecule has 0 aliphatic rings. The topological polar surface area (TPSA) is 26.3 Å². The lowest BCUT2D eigenvalue weighted by atomic mass is 9.97. The zero-order valence-corrected chi connectivity index (χ0v) is 6.66. The Kier molecular flexibility index (Phi) is 3.15. The van der Waals surface area contributed by atoms with Crippen LogP contribution < -0.4 is 0 Å². The maximum atomic E-state index is 10.5. The van der Waals surface area contributed by atoms with Gasteiger partial charge in [0, 0.05) is 7.11 Å². The quantitative estimate of drug-likeness (QED) is 0.569. The highest BCUT2D eigenvalue weighted by Gasteiger charge is 2.25. The van der Waals surface area contributed by atoms with Gasteiger partial charge in [-0.25, -0.2) is 0 Å². The summed E-state index contributed by atoms with van der Waals surface area (Å²) in [6.45, 7) is 3.85. The van der Waals surface area contributed by atoms with Crippen LogP contribution in [0.3, 0.4) is 0 Å². The number of carbonyl (C=O) groups excluding carboxylic acids is 1. The summed E-state index contributed by atoms with van der Waals surface area (Å²) in [7, 11) is 1.54. The molecule has 0 saturated carbocycles. The van der Waals surface area contributed by atoms with E-state index in [2.05, 4.69) is 0 Å². The van der Waals surface area contributed by atoms with Crippen LogP contribution in [0.15, 0.2) is 0 Å². The van der Waals surface area contributed by atoms with Gasteiger partial charge in [0.2, 0.25) is 5.24 Å². The van der Waals surface area contributed by atoms with Crippen molar-refractivity contribution in [3.63, 3.8) is 0 Å². The number of hydrogen-bond donors (Lipinski definition) is 0. The van der Waals surface area contributed by atoms with Gasteiger partial charge in [-0.1, -0.05) is 0 Å². The predicted octanol–water partition coefficient (Wildman–Crippen LogP) is 1.42. The fourth-order valence-corrected chi connectivity index (χ4v) is 0.472. The Morgan fingerprint density at radius 3 is 2.22 bits per heavy atom. The molecule has 0 bridgehead atoms. The lowest BCUT2D eigenvalue weighted by Crippen LogP contribution is -2.24. The van der Waals surface area contributed by atoms with Crippen molar-refractivity contribution in [2.75, 3.05) is 13.7 Å². The lowest BCUT2D eigenvalue weighted by molar-refractivity contribution is -0.121. The van der Waals surface area contributed by atoms with Gasteiger partial charge in [0.05, 0.1) is 12.0 Å². The second kappa shape index (κ2) is 3.18. The number of rotatable bonds is 3. The van der Waals surface area contributed by atoms with E-state index >= 15 is 0 Å². The first-order valence-electron chi connectivity index (χ1n) is 2.69. The molecule has 0 amide bonds. The molecule has 0 atom stereocenters. The van der Waals surface area contributed by atoms with Crippen LogP contribution >= 0.6 is 11.6 Å². The molecule has 0 spiro atoms. The number of methoxy groups -OCH3 is 1. The van der Waals surface area contributed by atoms with Crippen molar-refractivity contribution in [2.24, 2.45) is 5.41 Å². The van der Waals surface area contributed by atoms with Crippen LogP contribution in [0.5, 0.6) is 0 Å². The van der Waals surface area contributed by atoms with E-state index < -0.39 is 5.41 Å². The van der Waals surface area contributed by atoms with Crippen LogP contribution in [0.4, 0.5) is 0 Å². The second-order valence-corrected chi connectivity index (χ2v) is 2.93. The van der Waals surface area contributed by atoms with E-state index in [0.29, 0.717) is 6.61 Å². The zero-order valence-electron chi connectivity index (χ0n) is 5.90. The van der Waals surface area contributed by atoms with Crippen molar-refractivity contribution in [1.82, 2.24) is 0 Å². The van der Waals surface area contributed by atoms with E-state index in [1.165, 1.54) is 0 Å². The van der Waals surface area contributed by atoms with Crippen LogP contribution in [0.1, 0.15) is 13.8 Å². The summed E-state index contributed by atoms with van der Waals surface area (Å²) in [6, 6.07) is 0. The standard InChI is InChI=1S/C6H11ClO2/c1-6(2,4-9-3)5(7)8/h4H2,1-3H3. The highest BCUT2D eigenvalue weighted by Crippen LogP contribution is 2.18. The molecule has 0 heterocycles. The van der Waals surface area contributed by atoms with Gasteiger partial charge in [-0.05, 0) is 25.4 Å². The van der Waals surface area contributed by atoms with Crippen molar-refractivity contribution >= 4 is 16.8 Å². The molecule has 0 aromatic heterocycles. The first-order chi connectivity index (χ1) is 4.00. The molecule has 0 aromatic carbocycles. The Morgan fingerprint density at radius 1 is 1.67 bits per heavy atom. The van der Waals surface area contributed by atoms with Crippen molar-refractivity contribution < 1.29 is 9.53 Å². The molecule has 0 N–H and O–H groups in total. The summed E-state index contributed by atoms with van der Waals surface area (Å²) in [6.07, 6.45) is 0. The zero-order chi connectivity index (χ0) is 7.49. The first kappa shape index (κ1) is 8.92. The molecule has 0 saturated heterocycles. The molecule has 2 nitrogen and oxygen atoms in total. The fraction of sp³-hybridized carbons (Fsp3) is 0.833. The molecule has 9 heavy (non-hydrogen) atoms. The normalized spacial score (nSPS) is 11.6. The number of ether oxygens (including phenoxy) is 1. The van der Waals surface area contributed by atoms with Crippen LogP contribution in [0, 0.1) is 5.41 Å². The first-order valence-corrected chi connectivity index (χ1v) is 3.07. The van der Waals surface area contributed by atoms with E-state index in [4.69, 9.17) is 16.3 Å². The third-order valence-corrected chi connectivity index (χ3v) is 1.55. The molecule has 0 rings (SSSR count). The summed E-state index contributed by atoms with van der Waals surface area (Å²) in [5.41, 5.74) is -0.545. The van der Waals surface area contributed by atoms with Gasteiger partial charge in [0.15, 0.2) is 0 Å². The Morgan fingerprint density at radius 2 is 2.11 bits per heavy atom. The van der Waals surface area contributed by atoms with Gasteiger partial charge in [-0.2, -0.15) is 0 Å². The van der Waals surface area contributed by atoms with E-state index in [1.54, 1.807) is 21.0 Å². The lowest BCUT2D eigenvalue weighted by Gasteiger charge is -2.16. The van der Waals surface area contributed by atoms with Gasteiger partial charge in [0.25, 0.3) is 0 Å². The average molecular weight is 151 g/mol. The molecule has 0 fully saturated rings. The summed E-state index contributed by atoms with van der Waals surface area (Å²) in [5.74, 6) is 0. The maximum absolute atomic E-state index is 10.5. The summed E-state index contributed by atoms with van der Waals surface area (Å²) >= 11 is 5.23. The molecule has 0 radical (unpaired) electrons. The third kappa shape index (κ3) is 2.82. The summed E-state index contributed by atoms with van der Waals surface area (Å²) in [4.78, 5) is 10.5. The number of hydrogen-bond acceptors (Lipinski definition) is 2. The van der Waals surface area contributed by atoms with Crippen LogP contribution in [-0.4, -0.2) is 19.0 Å². The molecule has 0 unspecified atom stereocenters. The largest absolute Gasteiger partial charge is 0.384 e. The number of carbonyl (C=O) groups is 1. The average Bonchev–Trinajstić information content (AvgIpc) is 1.65. The van der Waals surface area contributed by atoms with E-state index in [9.17, 15) is 4.79 Å². The van der Waals surface area contributed by atoms with E-state index in [1.807, 2.05) is 0 Å². The SMILES string of the molecule is COCC(C)(C)C(=O)Cl. The minimum atomic E-state index is -0.545. The molecular weight excluding hydrogens is 140 g/mol. The second-order valence-electron chi connectivity index (χ2n) is 2.59. The third-order valence-electron chi connectivity index (χ3n) is 1.04. The maximum Gasteiger partial charge on any atom is 0.229 e. The Labute approximate surface area is 60.1 Å². The van der Waals surface area contributed by atoms with Gasteiger partial charge < -0.3 is 4.74 Å². The van der Waals surface area contributed by atoms with Crippen LogP contribution in [0.25, 0.3) is 0 Å². The fourth-order valence-electron chi connectivity index (χ4n) is 0.418.